The van der Waals surface area contributed by atoms with Gasteiger partial charge in [-0.2, -0.15) is 5.26 Å². The number of hydrogen-bond donors (Lipinski definition) is 1. The molecule has 0 atom stereocenters. The number of nitriles is 1. The minimum Gasteiger partial charge on any atom is -0.480 e. The minimum atomic E-state index is -0.520. The van der Waals surface area contributed by atoms with Crippen LogP contribution >= 0.6 is 11.6 Å². The third-order valence-corrected chi connectivity index (χ3v) is 4.57. The maximum atomic E-state index is 12.7. The molecule has 0 spiro atoms. The quantitative estimate of drug-likeness (QED) is 0.356. The average Bonchev–Trinajstić information content (AvgIpc) is 2.72. The molecule has 0 aliphatic heterocycles. The van der Waals surface area contributed by atoms with E-state index >= 15 is 0 Å². The molecule has 3 rings (SSSR count). The van der Waals surface area contributed by atoms with Gasteiger partial charge in [0.25, 0.3) is 5.91 Å². The van der Waals surface area contributed by atoms with Crippen molar-refractivity contribution in [3.63, 3.8) is 0 Å². The van der Waals surface area contributed by atoms with Crippen LogP contribution in [0.3, 0.4) is 0 Å². The molecule has 5 heteroatoms. The molecule has 0 fully saturated rings. The lowest BCUT2D eigenvalue weighted by Crippen LogP contribution is -2.14. The summed E-state index contributed by atoms with van der Waals surface area (Å²) in [6.07, 6.45) is 6.83. The SMILES string of the molecule is C#CCOc1ccc2ccccc2c1/C=C(\C#N)C(=O)Nc1ccc(Cl)cc1C. The summed E-state index contributed by atoms with van der Waals surface area (Å²) in [4.78, 5) is 12.7. The molecule has 142 valence electrons. The van der Waals surface area contributed by atoms with Crippen molar-refractivity contribution in [1.82, 2.24) is 0 Å². The third kappa shape index (κ3) is 4.58. The van der Waals surface area contributed by atoms with Crippen molar-refractivity contribution in [3.05, 3.63) is 76.3 Å². The van der Waals surface area contributed by atoms with Gasteiger partial charge in [0, 0.05) is 16.3 Å². The largest absolute Gasteiger partial charge is 0.480 e. The van der Waals surface area contributed by atoms with Crippen molar-refractivity contribution >= 4 is 40.0 Å². The number of nitrogens with zero attached hydrogens (tertiary/aromatic N) is 1. The van der Waals surface area contributed by atoms with E-state index in [1.165, 1.54) is 6.08 Å². The van der Waals surface area contributed by atoms with Crippen molar-refractivity contribution in [2.75, 3.05) is 11.9 Å². The van der Waals surface area contributed by atoms with Gasteiger partial charge in [0.05, 0.1) is 0 Å². The predicted octanol–water partition coefficient (Wildman–Crippen LogP) is 5.36. The highest BCUT2D eigenvalue weighted by Crippen LogP contribution is 2.30. The third-order valence-electron chi connectivity index (χ3n) is 4.33. The Balaban J connectivity index is 2.04. The summed E-state index contributed by atoms with van der Waals surface area (Å²) in [6.45, 7) is 1.91. The molecule has 3 aromatic rings. The molecule has 0 aliphatic carbocycles. The van der Waals surface area contributed by atoms with E-state index < -0.39 is 5.91 Å². The molecule has 1 amide bonds. The molecule has 0 unspecified atom stereocenters. The first-order chi connectivity index (χ1) is 14.0. The molecular formula is C24H17ClN2O2. The second-order valence-electron chi connectivity index (χ2n) is 6.27. The number of rotatable bonds is 5. The van der Waals surface area contributed by atoms with Crippen LogP contribution in [0.25, 0.3) is 16.8 Å². The highest BCUT2D eigenvalue weighted by molar-refractivity contribution is 6.30. The number of amides is 1. The highest BCUT2D eigenvalue weighted by atomic mass is 35.5. The first kappa shape index (κ1) is 20.0. The van der Waals surface area contributed by atoms with Gasteiger partial charge < -0.3 is 10.1 Å². The molecular weight excluding hydrogens is 384 g/mol. The van der Waals surface area contributed by atoms with Gasteiger partial charge in [-0.25, -0.2) is 0 Å². The van der Waals surface area contributed by atoms with Crippen LogP contribution in [0.2, 0.25) is 5.02 Å². The Hall–Kier alpha value is -3.73. The predicted molar refractivity (Wildman–Crippen MR) is 117 cm³/mol. The van der Waals surface area contributed by atoms with E-state index in [1.54, 1.807) is 24.3 Å². The zero-order chi connectivity index (χ0) is 20.8. The first-order valence-electron chi connectivity index (χ1n) is 8.81. The maximum Gasteiger partial charge on any atom is 0.266 e. The van der Waals surface area contributed by atoms with E-state index in [1.807, 2.05) is 43.3 Å². The summed E-state index contributed by atoms with van der Waals surface area (Å²) >= 11 is 5.96. The van der Waals surface area contributed by atoms with E-state index in [2.05, 4.69) is 11.2 Å². The van der Waals surface area contributed by atoms with Gasteiger partial charge in [0.15, 0.2) is 0 Å². The Labute approximate surface area is 174 Å². The zero-order valence-electron chi connectivity index (χ0n) is 15.7. The number of anilines is 1. The van der Waals surface area contributed by atoms with Crippen molar-refractivity contribution in [2.45, 2.75) is 6.92 Å². The fourth-order valence-corrected chi connectivity index (χ4v) is 3.15. The van der Waals surface area contributed by atoms with Crippen LogP contribution in [0, 0.1) is 30.6 Å². The highest BCUT2D eigenvalue weighted by Gasteiger charge is 2.14. The smallest absolute Gasteiger partial charge is 0.266 e. The summed E-state index contributed by atoms with van der Waals surface area (Å²) in [5.41, 5.74) is 1.95. The number of fused-ring (bicyclic) bond motifs is 1. The van der Waals surface area contributed by atoms with Crippen molar-refractivity contribution in [1.29, 1.82) is 5.26 Å². The van der Waals surface area contributed by atoms with Crippen LogP contribution in [-0.2, 0) is 4.79 Å². The number of aryl methyl sites for hydroxylation is 1. The number of ether oxygens (including phenoxy) is 1. The molecule has 29 heavy (non-hydrogen) atoms. The Morgan fingerprint density at radius 3 is 2.76 bits per heavy atom. The molecule has 4 nitrogen and oxygen atoms in total. The molecule has 0 bridgehead atoms. The molecule has 1 N–H and O–H groups in total. The lowest BCUT2D eigenvalue weighted by atomic mass is 10.0. The maximum absolute atomic E-state index is 12.7. The van der Waals surface area contributed by atoms with Crippen LogP contribution in [0.1, 0.15) is 11.1 Å². The van der Waals surface area contributed by atoms with Gasteiger partial charge in [-0.1, -0.05) is 47.9 Å². The number of benzene rings is 3. The van der Waals surface area contributed by atoms with Crippen LogP contribution in [0.15, 0.2) is 60.2 Å². The van der Waals surface area contributed by atoms with E-state index in [0.29, 0.717) is 22.0 Å². The minimum absolute atomic E-state index is 0.0544. The number of nitrogens with one attached hydrogen (secondary N) is 1. The van der Waals surface area contributed by atoms with Gasteiger partial charge in [-0.3, -0.25) is 4.79 Å². The van der Waals surface area contributed by atoms with Crippen LogP contribution in [-0.4, -0.2) is 12.5 Å². The summed E-state index contributed by atoms with van der Waals surface area (Å²) in [7, 11) is 0. The van der Waals surface area contributed by atoms with Crippen LogP contribution in [0.4, 0.5) is 5.69 Å². The van der Waals surface area contributed by atoms with E-state index in [0.717, 1.165) is 16.3 Å². The van der Waals surface area contributed by atoms with Gasteiger partial charge in [-0.15, -0.1) is 6.42 Å². The van der Waals surface area contributed by atoms with E-state index in [4.69, 9.17) is 22.8 Å². The second kappa shape index (κ2) is 8.97. The van der Waals surface area contributed by atoms with Gasteiger partial charge in [0.2, 0.25) is 0 Å². The van der Waals surface area contributed by atoms with Gasteiger partial charge >= 0.3 is 0 Å². The number of carbonyl (C=O) groups excluding carboxylic acids is 1. The van der Waals surface area contributed by atoms with E-state index in [9.17, 15) is 10.1 Å². The van der Waals surface area contributed by atoms with Gasteiger partial charge in [0.1, 0.15) is 24.0 Å². The molecule has 0 aliphatic rings. The molecule has 0 saturated heterocycles. The topological polar surface area (TPSA) is 62.1 Å². The molecule has 0 heterocycles. The Kier molecular flexibility index (Phi) is 6.19. The Morgan fingerprint density at radius 2 is 2.03 bits per heavy atom. The number of carbonyl (C=O) groups is 1. The summed E-state index contributed by atoms with van der Waals surface area (Å²) in [5.74, 6) is 2.41. The summed E-state index contributed by atoms with van der Waals surface area (Å²) in [5, 5.41) is 14.8. The van der Waals surface area contributed by atoms with Crippen molar-refractivity contribution in [3.8, 4) is 24.2 Å². The van der Waals surface area contributed by atoms with Crippen molar-refractivity contribution < 1.29 is 9.53 Å². The fraction of sp³-hybridized carbons (Fsp3) is 0.0833. The number of hydrogen-bond acceptors (Lipinski definition) is 3. The second-order valence-corrected chi connectivity index (χ2v) is 6.71. The molecule has 3 aromatic carbocycles. The van der Waals surface area contributed by atoms with E-state index in [-0.39, 0.29) is 12.2 Å². The molecule has 0 radical (unpaired) electrons. The van der Waals surface area contributed by atoms with Crippen molar-refractivity contribution in [2.24, 2.45) is 0 Å². The normalized spacial score (nSPS) is 10.8. The lowest BCUT2D eigenvalue weighted by molar-refractivity contribution is -0.112. The molecule has 0 aromatic heterocycles. The monoisotopic (exact) mass is 400 g/mol. The number of terminal acetylenes is 1. The zero-order valence-corrected chi connectivity index (χ0v) is 16.5. The summed E-state index contributed by atoms with van der Waals surface area (Å²) in [6, 6.07) is 18.4. The lowest BCUT2D eigenvalue weighted by Gasteiger charge is -2.12. The summed E-state index contributed by atoms with van der Waals surface area (Å²) < 4.78 is 5.63. The van der Waals surface area contributed by atoms with Crippen LogP contribution in [0.5, 0.6) is 5.75 Å². The molecule has 0 saturated carbocycles. The Bertz CT molecular complexity index is 1200. The average molecular weight is 401 g/mol. The number of halogens is 1. The standard InChI is InChI=1S/C24H17ClN2O2/c1-3-12-29-23-11-8-17-6-4-5-7-20(17)21(23)14-18(15-26)24(28)27-22-10-9-19(25)13-16(22)2/h1,4-11,13-14H,12H2,2H3,(H,27,28)/b18-14+. The van der Waals surface area contributed by atoms with Crippen LogP contribution < -0.4 is 10.1 Å². The first-order valence-corrected chi connectivity index (χ1v) is 9.18. The Morgan fingerprint density at radius 1 is 1.24 bits per heavy atom. The fourth-order valence-electron chi connectivity index (χ4n) is 2.92. The van der Waals surface area contributed by atoms with Gasteiger partial charge in [-0.05, 0) is 53.6 Å².